The van der Waals surface area contributed by atoms with Gasteiger partial charge in [0.2, 0.25) is 5.91 Å². The van der Waals surface area contributed by atoms with E-state index in [-0.39, 0.29) is 5.91 Å². The number of hydrogen-bond acceptors (Lipinski definition) is 4. The minimum Gasteiger partial charge on any atom is -0.467 e. The zero-order chi connectivity index (χ0) is 15.0. The summed E-state index contributed by atoms with van der Waals surface area (Å²) in [5.74, 6) is -0.258. The lowest BCUT2D eigenvalue weighted by Gasteiger charge is -2.18. The highest BCUT2D eigenvalue weighted by atomic mass is 16.5. The van der Waals surface area contributed by atoms with Crippen molar-refractivity contribution in [2.75, 3.05) is 7.11 Å². The molecule has 1 N–H and O–H groups in total. The van der Waals surface area contributed by atoms with E-state index in [4.69, 9.17) is 4.74 Å². The molecule has 1 atom stereocenters. The number of esters is 1. The lowest BCUT2D eigenvalue weighted by molar-refractivity contribution is -0.145. The van der Waals surface area contributed by atoms with Crippen molar-refractivity contribution in [3.8, 4) is 0 Å². The largest absolute Gasteiger partial charge is 0.467 e. The quantitative estimate of drug-likeness (QED) is 0.771. The van der Waals surface area contributed by atoms with Crippen LogP contribution < -0.4 is 5.32 Å². The molecule has 5 nitrogen and oxygen atoms in total. The lowest BCUT2D eigenvalue weighted by atomic mass is 10.0. The summed E-state index contributed by atoms with van der Waals surface area (Å²) in [5.41, 5.74) is 0.862. The van der Waals surface area contributed by atoms with E-state index in [9.17, 15) is 9.59 Å². The van der Waals surface area contributed by atoms with Gasteiger partial charge in [-0.1, -0.05) is 19.9 Å². The summed E-state index contributed by atoms with van der Waals surface area (Å²) in [4.78, 5) is 27.6. The molecule has 1 aromatic heterocycles. The Morgan fingerprint density at radius 1 is 1.35 bits per heavy atom. The van der Waals surface area contributed by atoms with E-state index in [1.165, 1.54) is 7.11 Å². The van der Waals surface area contributed by atoms with E-state index in [1.54, 1.807) is 6.20 Å². The minimum atomic E-state index is -0.573. The highest BCUT2D eigenvalue weighted by Gasteiger charge is 2.22. The van der Waals surface area contributed by atoms with E-state index in [2.05, 4.69) is 10.3 Å². The molecule has 0 saturated carbocycles. The van der Waals surface area contributed by atoms with Gasteiger partial charge in [0.1, 0.15) is 6.04 Å². The first-order valence-electron chi connectivity index (χ1n) is 6.80. The molecule has 1 unspecified atom stereocenters. The predicted molar refractivity (Wildman–Crippen MR) is 76.0 cm³/mol. The average Bonchev–Trinajstić information content (AvgIpc) is 2.44. The molecule has 0 saturated heterocycles. The average molecular weight is 278 g/mol. The maximum absolute atomic E-state index is 11.9. The molecule has 1 heterocycles. The van der Waals surface area contributed by atoms with E-state index < -0.39 is 12.0 Å². The van der Waals surface area contributed by atoms with Crippen molar-refractivity contribution in [2.24, 2.45) is 5.92 Å². The molecule has 0 aromatic carbocycles. The Hall–Kier alpha value is -1.91. The first-order valence-corrected chi connectivity index (χ1v) is 6.80. The Kier molecular flexibility index (Phi) is 6.70. The molecular formula is C15H22N2O3. The zero-order valence-corrected chi connectivity index (χ0v) is 12.3. The van der Waals surface area contributed by atoms with Crippen LogP contribution >= 0.6 is 0 Å². The number of methoxy groups -OCH3 is 1. The number of carbonyl (C=O) groups is 2. The number of hydrogen-bond donors (Lipinski definition) is 1. The first kappa shape index (κ1) is 16.1. The van der Waals surface area contributed by atoms with Gasteiger partial charge in [0.25, 0.3) is 0 Å². The summed E-state index contributed by atoms with van der Waals surface area (Å²) < 4.78 is 4.71. The minimum absolute atomic E-state index is 0.160. The van der Waals surface area contributed by atoms with Crippen LogP contribution in [0, 0.1) is 5.92 Å². The van der Waals surface area contributed by atoms with Crippen molar-refractivity contribution in [1.29, 1.82) is 0 Å². The second-order valence-corrected chi connectivity index (χ2v) is 5.09. The van der Waals surface area contributed by atoms with Crippen molar-refractivity contribution >= 4 is 11.9 Å². The van der Waals surface area contributed by atoms with Crippen molar-refractivity contribution in [3.05, 3.63) is 30.1 Å². The Bertz CT molecular complexity index is 432. The van der Waals surface area contributed by atoms with Gasteiger partial charge in [-0.2, -0.15) is 0 Å². The number of ether oxygens (including phenoxy) is 1. The van der Waals surface area contributed by atoms with E-state index >= 15 is 0 Å². The summed E-state index contributed by atoms with van der Waals surface area (Å²) in [7, 11) is 1.33. The van der Waals surface area contributed by atoms with Crippen LogP contribution in [-0.2, 0) is 20.7 Å². The van der Waals surface area contributed by atoms with Crippen molar-refractivity contribution < 1.29 is 14.3 Å². The van der Waals surface area contributed by atoms with Gasteiger partial charge >= 0.3 is 5.97 Å². The first-order chi connectivity index (χ1) is 9.52. The summed E-state index contributed by atoms with van der Waals surface area (Å²) in [6.07, 6.45) is 3.14. The van der Waals surface area contributed by atoms with Gasteiger partial charge in [0, 0.05) is 18.3 Å². The standard InChI is InChI=1S/C15H22N2O3/c1-11(2)10-13(15(19)20-3)17-14(18)8-7-12-6-4-5-9-16-12/h4-6,9,11,13H,7-8,10H2,1-3H3,(H,17,18). The van der Waals surface area contributed by atoms with Crippen LogP contribution in [0.15, 0.2) is 24.4 Å². The smallest absolute Gasteiger partial charge is 0.328 e. The van der Waals surface area contributed by atoms with E-state index in [0.717, 1.165) is 5.69 Å². The SMILES string of the molecule is COC(=O)C(CC(C)C)NC(=O)CCc1ccccn1. The summed E-state index contributed by atoms with van der Waals surface area (Å²) in [6.45, 7) is 3.99. The van der Waals surface area contributed by atoms with Crippen LogP contribution in [0.1, 0.15) is 32.4 Å². The Balaban J connectivity index is 2.47. The fourth-order valence-corrected chi connectivity index (χ4v) is 1.88. The molecule has 0 fully saturated rings. The molecule has 1 amide bonds. The van der Waals surface area contributed by atoms with Crippen LogP contribution in [0.4, 0.5) is 0 Å². The summed E-state index contributed by atoms with van der Waals surface area (Å²) >= 11 is 0. The van der Waals surface area contributed by atoms with Crippen LogP contribution in [0.3, 0.4) is 0 Å². The van der Waals surface area contributed by atoms with Gasteiger partial charge < -0.3 is 10.1 Å². The van der Waals surface area contributed by atoms with Gasteiger partial charge in [0.15, 0.2) is 0 Å². The molecule has 0 aliphatic carbocycles. The highest BCUT2D eigenvalue weighted by Crippen LogP contribution is 2.07. The number of aryl methyl sites for hydroxylation is 1. The molecular weight excluding hydrogens is 256 g/mol. The van der Waals surface area contributed by atoms with Gasteiger partial charge in [-0.05, 0) is 30.9 Å². The molecule has 0 radical (unpaired) electrons. The third-order valence-electron chi connectivity index (χ3n) is 2.86. The van der Waals surface area contributed by atoms with Crippen molar-refractivity contribution in [1.82, 2.24) is 10.3 Å². The predicted octanol–water partition coefficient (Wildman–Crippen LogP) is 1.72. The van der Waals surface area contributed by atoms with Gasteiger partial charge in [-0.25, -0.2) is 4.79 Å². The topological polar surface area (TPSA) is 68.3 Å². The number of pyridine rings is 1. The number of carbonyl (C=O) groups excluding carboxylic acids is 2. The van der Waals surface area contributed by atoms with Gasteiger partial charge in [-0.15, -0.1) is 0 Å². The van der Waals surface area contributed by atoms with E-state index in [1.807, 2.05) is 32.0 Å². The molecule has 110 valence electrons. The highest BCUT2D eigenvalue weighted by molar-refractivity contribution is 5.84. The van der Waals surface area contributed by atoms with Crippen molar-refractivity contribution in [2.45, 2.75) is 39.2 Å². The Morgan fingerprint density at radius 2 is 2.10 bits per heavy atom. The number of aromatic nitrogens is 1. The second-order valence-electron chi connectivity index (χ2n) is 5.09. The number of nitrogens with zero attached hydrogens (tertiary/aromatic N) is 1. The van der Waals surface area contributed by atoms with Crippen LogP contribution in [0.2, 0.25) is 0 Å². The lowest BCUT2D eigenvalue weighted by Crippen LogP contribution is -2.42. The van der Waals surface area contributed by atoms with E-state index in [0.29, 0.717) is 25.2 Å². The van der Waals surface area contributed by atoms with Gasteiger partial charge in [0.05, 0.1) is 7.11 Å². The third kappa shape index (κ3) is 5.82. The van der Waals surface area contributed by atoms with Gasteiger partial charge in [-0.3, -0.25) is 9.78 Å². The number of amides is 1. The second kappa shape index (κ2) is 8.30. The fraction of sp³-hybridized carbons (Fsp3) is 0.533. The molecule has 0 spiro atoms. The third-order valence-corrected chi connectivity index (χ3v) is 2.86. The molecule has 1 aromatic rings. The maximum atomic E-state index is 11.9. The van der Waals surface area contributed by atoms with Crippen LogP contribution in [0.5, 0.6) is 0 Å². The molecule has 1 rings (SSSR count). The number of rotatable bonds is 7. The fourth-order valence-electron chi connectivity index (χ4n) is 1.88. The zero-order valence-electron chi connectivity index (χ0n) is 12.3. The molecule has 0 bridgehead atoms. The van der Waals surface area contributed by atoms with Crippen LogP contribution in [0.25, 0.3) is 0 Å². The van der Waals surface area contributed by atoms with Crippen molar-refractivity contribution in [3.63, 3.8) is 0 Å². The summed E-state index contributed by atoms with van der Waals surface area (Å²) in [6, 6.07) is 5.02. The van der Waals surface area contributed by atoms with Crippen LogP contribution in [-0.4, -0.2) is 30.0 Å². The monoisotopic (exact) mass is 278 g/mol. The molecule has 5 heteroatoms. The molecule has 20 heavy (non-hydrogen) atoms. The summed E-state index contributed by atoms with van der Waals surface area (Å²) in [5, 5.41) is 2.73. The number of nitrogens with one attached hydrogen (secondary N) is 1. The maximum Gasteiger partial charge on any atom is 0.328 e. The Labute approximate surface area is 119 Å². The normalized spacial score (nSPS) is 12.0. The molecule has 0 aliphatic heterocycles. The Morgan fingerprint density at radius 3 is 2.65 bits per heavy atom. The molecule has 0 aliphatic rings.